The first-order valence-electron chi connectivity index (χ1n) is 11.6. The van der Waals surface area contributed by atoms with Gasteiger partial charge in [-0.3, -0.25) is 24.5 Å². The predicted octanol–water partition coefficient (Wildman–Crippen LogP) is 3.26. The number of nitrogens with zero attached hydrogens (tertiary/aromatic N) is 3. The first-order valence-corrected chi connectivity index (χ1v) is 11.6. The summed E-state index contributed by atoms with van der Waals surface area (Å²) in [7, 11) is 0. The molecule has 0 saturated carbocycles. The maximum atomic E-state index is 13.5. The van der Waals surface area contributed by atoms with Gasteiger partial charge in [0.15, 0.2) is 6.10 Å². The van der Waals surface area contributed by atoms with Crippen LogP contribution in [0.1, 0.15) is 19.5 Å². The molecule has 3 aromatic rings. The van der Waals surface area contributed by atoms with Crippen molar-refractivity contribution in [1.29, 1.82) is 0 Å². The van der Waals surface area contributed by atoms with Gasteiger partial charge in [0.25, 0.3) is 5.56 Å². The molecule has 0 aliphatic heterocycles. The number of rotatable bonds is 9. The molecule has 208 valence electrons. The van der Waals surface area contributed by atoms with Crippen molar-refractivity contribution in [2.24, 2.45) is 5.92 Å². The minimum absolute atomic E-state index is 0.125. The molecule has 14 heteroatoms. The number of carbonyl (C=O) groups excluding carboxylic acids is 2. The molecule has 0 fully saturated rings. The minimum atomic E-state index is -5.00. The van der Waals surface area contributed by atoms with Gasteiger partial charge in [0.1, 0.15) is 30.5 Å². The highest BCUT2D eigenvalue weighted by molar-refractivity contribution is 5.84. The summed E-state index contributed by atoms with van der Waals surface area (Å²) in [6.07, 6.45) is -6.38. The molecule has 2 atom stereocenters. The van der Waals surface area contributed by atoms with E-state index in [9.17, 15) is 37.1 Å². The molecule has 39 heavy (non-hydrogen) atoms. The second-order valence-corrected chi connectivity index (χ2v) is 8.74. The first kappa shape index (κ1) is 29.2. The second-order valence-electron chi connectivity index (χ2n) is 8.74. The smallest absolute Gasteiger partial charge is 0.416 e. The van der Waals surface area contributed by atoms with Crippen LogP contribution in [0, 0.1) is 11.7 Å². The van der Waals surface area contributed by atoms with Gasteiger partial charge in [0, 0.05) is 11.8 Å². The summed E-state index contributed by atoms with van der Waals surface area (Å²) in [6, 6.07) is 7.99. The van der Waals surface area contributed by atoms with Crippen LogP contribution in [0.15, 0.2) is 59.7 Å². The Morgan fingerprint density at radius 2 is 1.79 bits per heavy atom. The molecule has 0 aliphatic rings. The van der Waals surface area contributed by atoms with Gasteiger partial charge in [-0.05, 0) is 42.3 Å². The maximum Gasteiger partial charge on any atom is 0.416 e. The number of hydrogen-bond donors (Lipinski definition) is 3. The number of alkyl halides is 3. The Hall–Kier alpha value is -4.33. The van der Waals surface area contributed by atoms with Crippen molar-refractivity contribution in [2.45, 2.75) is 45.3 Å². The summed E-state index contributed by atoms with van der Waals surface area (Å²) < 4.78 is 58.6. The Bertz CT molecular complexity index is 1350. The van der Waals surface area contributed by atoms with Crippen molar-refractivity contribution in [3.05, 3.63) is 76.7 Å². The van der Waals surface area contributed by atoms with Crippen LogP contribution in [0.2, 0.25) is 0 Å². The number of benzene rings is 1. The van der Waals surface area contributed by atoms with Crippen LogP contribution in [-0.4, -0.2) is 50.0 Å². The van der Waals surface area contributed by atoms with Gasteiger partial charge in [0.05, 0.1) is 17.9 Å². The molecule has 0 aliphatic carbocycles. The van der Waals surface area contributed by atoms with Crippen molar-refractivity contribution in [3.63, 3.8) is 0 Å². The van der Waals surface area contributed by atoms with Crippen molar-refractivity contribution >= 4 is 17.7 Å². The number of pyridine rings is 1. The molecule has 0 spiro atoms. The van der Waals surface area contributed by atoms with Gasteiger partial charge < -0.3 is 15.2 Å². The zero-order chi connectivity index (χ0) is 28.7. The Labute approximate surface area is 219 Å². The molecule has 2 amide bonds. The molecular formula is C25H25F4N5O5. The number of hydrogen-bond acceptors (Lipinski definition) is 7. The average molecular weight is 551 g/mol. The lowest BCUT2D eigenvalue weighted by molar-refractivity contribution is -0.215. The van der Waals surface area contributed by atoms with E-state index in [4.69, 9.17) is 4.74 Å². The molecule has 0 radical (unpaired) electrons. The third kappa shape index (κ3) is 7.83. The predicted molar refractivity (Wildman–Crippen MR) is 131 cm³/mol. The summed E-state index contributed by atoms with van der Waals surface area (Å²) in [5.74, 6) is -2.57. The van der Waals surface area contributed by atoms with Crippen molar-refractivity contribution in [1.82, 2.24) is 19.9 Å². The highest BCUT2D eigenvalue weighted by atomic mass is 19.4. The lowest BCUT2D eigenvalue weighted by atomic mass is 9.98. The lowest BCUT2D eigenvalue weighted by Crippen LogP contribution is -2.53. The van der Waals surface area contributed by atoms with Crippen LogP contribution in [-0.2, 0) is 22.7 Å². The maximum absolute atomic E-state index is 13.5. The molecule has 0 bridgehead atoms. The van der Waals surface area contributed by atoms with E-state index in [0.29, 0.717) is 5.69 Å². The summed E-state index contributed by atoms with van der Waals surface area (Å²) in [5, 5.41) is 14.0. The summed E-state index contributed by atoms with van der Waals surface area (Å²) in [6.45, 7) is 1.71. The first-order chi connectivity index (χ1) is 18.4. The van der Waals surface area contributed by atoms with Crippen LogP contribution in [0.5, 0.6) is 0 Å². The Morgan fingerprint density at radius 1 is 1.10 bits per heavy atom. The molecule has 2 heterocycles. The normalized spacial score (nSPS) is 13.0. The fraction of sp³-hybridized carbons (Fsp3) is 0.320. The number of aliphatic hydroxyl groups is 1. The van der Waals surface area contributed by atoms with Crippen molar-refractivity contribution < 1.29 is 37.0 Å². The molecule has 2 aromatic heterocycles. The number of aliphatic hydroxyl groups excluding tert-OH is 1. The molecule has 3 N–H and O–H groups in total. The zero-order valence-electron chi connectivity index (χ0n) is 20.8. The fourth-order valence-corrected chi connectivity index (χ4v) is 3.51. The third-order valence-corrected chi connectivity index (χ3v) is 5.49. The van der Waals surface area contributed by atoms with Crippen LogP contribution >= 0.6 is 0 Å². The second kappa shape index (κ2) is 12.5. The van der Waals surface area contributed by atoms with Gasteiger partial charge in [-0.2, -0.15) is 13.2 Å². The Balaban J connectivity index is 1.89. The van der Waals surface area contributed by atoms with E-state index in [2.05, 4.69) is 20.6 Å². The molecule has 1 aromatic carbocycles. The molecule has 0 saturated heterocycles. The molecule has 2 unspecified atom stereocenters. The number of ether oxygens (including phenoxy) is 1. The average Bonchev–Trinajstić information content (AvgIpc) is 2.88. The van der Waals surface area contributed by atoms with Gasteiger partial charge in [-0.1, -0.05) is 19.9 Å². The number of halogens is 4. The molecule has 3 rings (SSSR count). The number of amides is 2. The lowest BCUT2D eigenvalue weighted by Gasteiger charge is -2.29. The zero-order valence-corrected chi connectivity index (χ0v) is 20.8. The van der Waals surface area contributed by atoms with Crippen LogP contribution in [0.25, 0.3) is 11.4 Å². The number of carbonyl (C=O) groups is 2. The van der Waals surface area contributed by atoms with E-state index in [1.807, 2.05) is 0 Å². The highest BCUT2D eigenvalue weighted by Crippen LogP contribution is 2.25. The van der Waals surface area contributed by atoms with E-state index in [1.54, 1.807) is 18.2 Å². The topological polar surface area (TPSA) is 135 Å². The molecular weight excluding hydrogens is 526 g/mol. The van der Waals surface area contributed by atoms with E-state index in [0.717, 1.165) is 22.9 Å². The van der Waals surface area contributed by atoms with E-state index in [1.165, 1.54) is 32.2 Å². The van der Waals surface area contributed by atoms with Crippen LogP contribution in [0.3, 0.4) is 0 Å². The fourth-order valence-electron chi connectivity index (χ4n) is 3.51. The number of aromatic nitrogens is 3. The largest absolute Gasteiger partial charge is 0.443 e. The summed E-state index contributed by atoms with van der Waals surface area (Å²) >= 11 is 0. The van der Waals surface area contributed by atoms with Gasteiger partial charge in [-0.15, -0.1) is 0 Å². The standard InChI is InChI=1S/C25H25F4N5O5/c1-14(2)20(21(36)25(27,28)29)33-19(35)12-34-22(15-6-8-16(26)9-7-15)31-11-18(23(34)37)32-24(38)39-13-17-5-3-4-10-30-17/h3-11,14,20-21,36H,12-13H2,1-2H3,(H,32,38)(H,33,35). The summed E-state index contributed by atoms with van der Waals surface area (Å²) in [4.78, 5) is 46.4. The Kier molecular flexibility index (Phi) is 9.35. The van der Waals surface area contributed by atoms with Gasteiger partial charge in [0.2, 0.25) is 5.91 Å². The molecule has 10 nitrogen and oxygen atoms in total. The number of anilines is 1. The van der Waals surface area contributed by atoms with Crippen LogP contribution in [0.4, 0.5) is 28.0 Å². The highest BCUT2D eigenvalue weighted by Gasteiger charge is 2.45. The van der Waals surface area contributed by atoms with E-state index < -0.39 is 59.8 Å². The van der Waals surface area contributed by atoms with Gasteiger partial charge in [-0.25, -0.2) is 14.2 Å². The van der Waals surface area contributed by atoms with Gasteiger partial charge >= 0.3 is 12.3 Å². The summed E-state index contributed by atoms with van der Waals surface area (Å²) in [5.41, 5.74) is -0.685. The van der Waals surface area contributed by atoms with E-state index >= 15 is 0 Å². The quantitative estimate of drug-likeness (QED) is 0.348. The number of nitrogens with one attached hydrogen (secondary N) is 2. The van der Waals surface area contributed by atoms with Crippen LogP contribution < -0.4 is 16.2 Å². The third-order valence-electron chi connectivity index (χ3n) is 5.49. The SMILES string of the molecule is CC(C)C(NC(=O)Cn1c(-c2ccc(F)cc2)ncc(NC(=O)OCc2ccccn2)c1=O)C(O)C(F)(F)F. The Morgan fingerprint density at radius 3 is 2.38 bits per heavy atom. The monoisotopic (exact) mass is 551 g/mol. The van der Waals surface area contributed by atoms with Crippen molar-refractivity contribution in [2.75, 3.05) is 5.32 Å². The van der Waals surface area contributed by atoms with Crippen molar-refractivity contribution in [3.8, 4) is 11.4 Å². The minimum Gasteiger partial charge on any atom is -0.443 e. The van der Waals surface area contributed by atoms with E-state index in [-0.39, 0.29) is 18.0 Å².